The summed E-state index contributed by atoms with van der Waals surface area (Å²) in [6.45, 7) is 0. The molecule has 0 aliphatic heterocycles. The van der Waals surface area contributed by atoms with Gasteiger partial charge < -0.3 is 5.32 Å². The summed E-state index contributed by atoms with van der Waals surface area (Å²) in [6, 6.07) is 10.4. The van der Waals surface area contributed by atoms with E-state index in [0.717, 1.165) is 17.8 Å². The zero-order valence-electron chi connectivity index (χ0n) is 9.34. The van der Waals surface area contributed by atoms with E-state index in [4.69, 9.17) is 11.6 Å². The Bertz CT molecular complexity index is 572. The van der Waals surface area contributed by atoms with Gasteiger partial charge in [-0.3, -0.25) is 4.79 Å². The molecule has 1 aromatic carbocycles. The Kier molecular flexibility index (Phi) is 3.01. The van der Waals surface area contributed by atoms with Gasteiger partial charge in [0.05, 0.1) is 0 Å². The van der Waals surface area contributed by atoms with E-state index in [9.17, 15) is 4.79 Å². The van der Waals surface area contributed by atoms with Crippen LogP contribution in [0.25, 0.3) is 0 Å². The number of carbonyl (C=O) groups is 1. The Morgan fingerprint density at radius 1 is 1.33 bits per heavy atom. The van der Waals surface area contributed by atoms with E-state index in [1.54, 1.807) is 0 Å². The molecule has 1 N–H and O–H groups in total. The van der Waals surface area contributed by atoms with Crippen molar-refractivity contribution in [3.8, 4) is 0 Å². The van der Waals surface area contributed by atoms with Crippen LogP contribution in [0.15, 0.2) is 30.3 Å². The molecule has 1 saturated carbocycles. The van der Waals surface area contributed by atoms with Crippen LogP contribution in [0.5, 0.6) is 0 Å². The molecule has 2 unspecified atom stereocenters. The molecule has 2 atom stereocenters. The van der Waals surface area contributed by atoms with E-state index < -0.39 is 0 Å². The second kappa shape index (κ2) is 4.66. The third-order valence-corrected chi connectivity index (χ3v) is 3.95. The predicted molar refractivity (Wildman–Crippen MR) is 70.0 cm³/mol. The summed E-state index contributed by atoms with van der Waals surface area (Å²) in [6.07, 6.45) is 0.974. The summed E-state index contributed by atoms with van der Waals surface area (Å²) in [5.74, 6) is 0.223. The molecule has 4 nitrogen and oxygen atoms in total. The normalized spacial score (nSPS) is 21.6. The van der Waals surface area contributed by atoms with Crippen LogP contribution in [0.2, 0.25) is 4.47 Å². The fourth-order valence-electron chi connectivity index (χ4n) is 1.95. The van der Waals surface area contributed by atoms with Gasteiger partial charge in [-0.15, -0.1) is 10.2 Å². The highest BCUT2D eigenvalue weighted by Gasteiger charge is 2.39. The summed E-state index contributed by atoms with van der Waals surface area (Å²) in [4.78, 5) is 11.8. The first-order valence-corrected chi connectivity index (χ1v) is 6.78. The highest BCUT2D eigenvalue weighted by molar-refractivity contribution is 7.17. The van der Waals surface area contributed by atoms with E-state index in [2.05, 4.69) is 27.6 Å². The minimum absolute atomic E-state index is 0.192. The number of hydrogen-bond donors (Lipinski definition) is 1. The molecule has 2 aromatic rings. The fraction of sp³-hybridized carbons (Fsp3) is 0.250. The second-order valence-corrected chi connectivity index (χ2v) is 5.75. The maximum absolute atomic E-state index is 11.8. The standard InChI is InChI=1S/C12H10ClN3OS/c13-12-16-15-11(18-12)10(17)14-9-6-8(9)7-4-2-1-3-5-7/h1-5,8-9H,6H2,(H,14,17). The molecule has 0 spiro atoms. The smallest absolute Gasteiger partial charge is 0.282 e. The largest absolute Gasteiger partial charge is 0.347 e. The van der Waals surface area contributed by atoms with E-state index >= 15 is 0 Å². The molecular weight excluding hydrogens is 270 g/mol. The first kappa shape index (κ1) is 11.6. The van der Waals surface area contributed by atoms with Crippen LogP contribution >= 0.6 is 22.9 Å². The van der Waals surface area contributed by atoms with Gasteiger partial charge in [0.2, 0.25) is 9.47 Å². The van der Waals surface area contributed by atoms with Gasteiger partial charge in [-0.25, -0.2) is 0 Å². The number of benzene rings is 1. The van der Waals surface area contributed by atoms with E-state index in [1.165, 1.54) is 5.56 Å². The van der Waals surface area contributed by atoms with Crippen molar-refractivity contribution >= 4 is 28.8 Å². The summed E-state index contributed by atoms with van der Waals surface area (Å²) in [5, 5.41) is 10.6. The number of hydrogen-bond acceptors (Lipinski definition) is 4. The molecule has 18 heavy (non-hydrogen) atoms. The number of rotatable bonds is 3. The van der Waals surface area contributed by atoms with Crippen molar-refractivity contribution in [2.45, 2.75) is 18.4 Å². The van der Waals surface area contributed by atoms with Crippen molar-refractivity contribution in [2.24, 2.45) is 0 Å². The van der Waals surface area contributed by atoms with Crippen LogP contribution < -0.4 is 5.32 Å². The van der Waals surface area contributed by atoms with Crippen LogP contribution in [-0.4, -0.2) is 22.1 Å². The number of halogens is 1. The Morgan fingerprint density at radius 2 is 2.11 bits per heavy atom. The Labute approximate surface area is 113 Å². The van der Waals surface area contributed by atoms with Crippen LogP contribution in [0.1, 0.15) is 27.7 Å². The van der Waals surface area contributed by atoms with Crippen molar-refractivity contribution in [1.29, 1.82) is 0 Å². The molecule has 1 fully saturated rings. The van der Waals surface area contributed by atoms with Gasteiger partial charge in [0, 0.05) is 12.0 Å². The Morgan fingerprint density at radius 3 is 2.78 bits per heavy atom. The molecule has 1 aliphatic carbocycles. The summed E-state index contributed by atoms with van der Waals surface area (Å²) in [7, 11) is 0. The third kappa shape index (κ3) is 2.37. The average molecular weight is 280 g/mol. The molecule has 1 heterocycles. The van der Waals surface area contributed by atoms with Crippen molar-refractivity contribution in [2.75, 3.05) is 0 Å². The van der Waals surface area contributed by atoms with Crippen LogP contribution in [-0.2, 0) is 0 Å². The molecule has 92 valence electrons. The molecule has 3 rings (SSSR count). The zero-order valence-corrected chi connectivity index (χ0v) is 10.9. The molecule has 0 radical (unpaired) electrons. The number of carbonyl (C=O) groups excluding carboxylic acids is 1. The monoisotopic (exact) mass is 279 g/mol. The predicted octanol–water partition coefficient (Wildman–Crippen LogP) is 2.48. The van der Waals surface area contributed by atoms with Crippen molar-refractivity contribution in [3.05, 3.63) is 45.4 Å². The Balaban J connectivity index is 1.62. The highest BCUT2D eigenvalue weighted by atomic mass is 35.5. The van der Waals surface area contributed by atoms with Crippen LogP contribution in [0, 0.1) is 0 Å². The molecule has 0 bridgehead atoms. The van der Waals surface area contributed by atoms with E-state index in [1.807, 2.05) is 18.2 Å². The van der Waals surface area contributed by atoms with E-state index in [-0.39, 0.29) is 16.4 Å². The lowest BCUT2D eigenvalue weighted by Crippen LogP contribution is -2.26. The minimum Gasteiger partial charge on any atom is -0.347 e. The number of nitrogens with zero attached hydrogens (tertiary/aromatic N) is 2. The lowest BCUT2D eigenvalue weighted by atomic mass is 10.1. The molecule has 1 amide bonds. The molecule has 1 aliphatic rings. The van der Waals surface area contributed by atoms with Gasteiger partial charge >= 0.3 is 0 Å². The first-order chi connectivity index (χ1) is 8.74. The lowest BCUT2D eigenvalue weighted by Gasteiger charge is -2.01. The van der Waals surface area contributed by atoms with Crippen LogP contribution in [0.4, 0.5) is 0 Å². The molecule has 0 saturated heterocycles. The first-order valence-electron chi connectivity index (χ1n) is 5.59. The molecule has 6 heteroatoms. The molecular formula is C12H10ClN3OS. The maximum Gasteiger partial charge on any atom is 0.282 e. The second-order valence-electron chi connectivity index (χ2n) is 4.19. The van der Waals surface area contributed by atoms with Crippen molar-refractivity contribution in [3.63, 3.8) is 0 Å². The average Bonchev–Trinajstić information content (AvgIpc) is 3.01. The minimum atomic E-state index is -0.192. The van der Waals surface area contributed by atoms with Crippen molar-refractivity contribution < 1.29 is 4.79 Å². The number of aromatic nitrogens is 2. The zero-order chi connectivity index (χ0) is 12.5. The Hall–Kier alpha value is -1.46. The quantitative estimate of drug-likeness (QED) is 0.939. The number of nitrogens with one attached hydrogen (secondary N) is 1. The van der Waals surface area contributed by atoms with Gasteiger partial charge in [0.1, 0.15) is 0 Å². The van der Waals surface area contributed by atoms with Crippen molar-refractivity contribution in [1.82, 2.24) is 15.5 Å². The topological polar surface area (TPSA) is 54.9 Å². The van der Waals surface area contributed by atoms with Gasteiger partial charge in [0.25, 0.3) is 5.91 Å². The molecule has 1 aromatic heterocycles. The fourth-order valence-corrected chi connectivity index (χ4v) is 2.68. The van der Waals surface area contributed by atoms with Gasteiger partial charge in [0.15, 0.2) is 0 Å². The third-order valence-electron chi connectivity index (χ3n) is 2.93. The SMILES string of the molecule is O=C(NC1CC1c1ccccc1)c1nnc(Cl)s1. The number of amides is 1. The maximum atomic E-state index is 11.8. The van der Waals surface area contributed by atoms with Gasteiger partial charge in [-0.05, 0) is 23.6 Å². The summed E-state index contributed by atoms with van der Waals surface area (Å²) >= 11 is 6.74. The van der Waals surface area contributed by atoms with Gasteiger partial charge in [-0.2, -0.15) is 0 Å². The summed E-state index contributed by atoms with van der Waals surface area (Å²) < 4.78 is 0.288. The van der Waals surface area contributed by atoms with Gasteiger partial charge in [-0.1, -0.05) is 41.7 Å². The summed E-state index contributed by atoms with van der Waals surface area (Å²) in [5.41, 5.74) is 1.26. The van der Waals surface area contributed by atoms with E-state index in [0.29, 0.717) is 10.9 Å². The van der Waals surface area contributed by atoms with Crippen LogP contribution in [0.3, 0.4) is 0 Å². The lowest BCUT2D eigenvalue weighted by molar-refractivity contribution is 0.0949. The highest BCUT2D eigenvalue weighted by Crippen LogP contribution is 2.40.